The van der Waals surface area contributed by atoms with Crippen molar-refractivity contribution in [3.8, 4) is 22.3 Å². The first-order valence-corrected chi connectivity index (χ1v) is 13.0. The van der Waals surface area contributed by atoms with Crippen LogP contribution in [0.5, 0.6) is 0 Å². The van der Waals surface area contributed by atoms with Crippen LogP contribution in [-0.2, 0) is 0 Å². The SMILES string of the molecule is c1ccc(-c2ccc(Nc3ccc(-c4cc5ccccc5c5c4sc4ccccc45)cc3)cc2)cc1. The molecule has 1 nitrogen and oxygen atoms in total. The van der Waals surface area contributed by atoms with E-state index in [4.69, 9.17) is 0 Å². The predicted molar refractivity (Wildman–Crippen MR) is 157 cm³/mol. The van der Waals surface area contributed by atoms with E-state index >= 15 is 0 Å². The fourth-order valence-corrected chi connectivity index (χ4v) is 6.32. The Hall–Kier alpha value is -4.40. The molecule has 0 radical (unpaired) electrons. The highest BCUT2D eigenvalue weighted by Gasteiger charge is 2.14. The van der Waals surface area contributed by atoms with Crippen LogP contribution >= 0.6 is 11.3 Å². The van der Waals surface area contributed by atoms with Crippen LogP contribution in [0, 0.1) is 0 Å². The van der Waals surface area contributed by atoms with Gasteiger partial charge in [-0.15, -0.1) is 11.3 Å². The molecule has 7 aromatic rings. The summed E-state index contributed by atoms with van der Waals surface area (Å²) in [6.45, 7) is 0. The molecule has 0 fully saturated rings. The lowest BCUT2D eigenvalue weighted by atomic mass is 9.96. The van der Waals surface area contributed by atoms with Crippen molar-refractivity contribution in [1.29, 1.82) is 0 Å². The van der Waals surface area contributed by atoms with E-state index in [2.05, 4.69) is 133 Å². The van der Waals surface area contributed by atoms with Gasteiger partial charge in [0.05, 0.1) is 0 Å². The van der Waals surface area contributed by atoms with Gasteiger partial charge < -0.3 is 5.32 Å². The van der Waals surface area contributed by atoms with E-state index < -0.39 is 0 Å². The molecule has 0 saturated carbocycles. The highest BCUT2D eigenvalue weighted by atomic mass is 32.1. The van der Waals surface area contributed by atoms with Gasteiger partial charge >= 0.3 is 0 Å². The normalized spacial score (nSPS) is 11.3. The van der Waals surface area contributed by atoms with E-state index in [1.807, 2.05) is 17.4 Å². The standard InChI is InChI=1S/C34H23NS/c1-2-8-23(9-3-1)24-14-18-27(19-15-24)35-28-20-16-25(17-21-28)31-22-26-10-4-5-11-29(26)33-30-12-6-7-13-32(30)36-34(31)33/h1-22,35H. The molecule has 6 aromatic carbocycles. The molecule has 2 heteroatoms. The van der Waals surface area contributed by atoms with Crippen molar-refractivity contribution in [2.45, 2.75) is 0 Å². The van der Waals surface area contributed by atoms with Crippen LogP contribution in [0.2, 0.25) is 0 Å². The van der Waals surface area contributed by atoms with Crippen LogP contribution in [0.3, 0.4) is 0 Å². The van der Waals surface area contributed by atoms with E-state index in [1.165, 1.54) is 53.2 Å². The summed E-state index contributed by atoms with van der Waals surface area (Å²) in [6, 6.07) is 47.7. The van der Waals surface area contributed by atoms with Crippen LogP contribution in [0.4, 0.5) is 11.4 Å². The second-order valence-electron chi connectivity index (χ2n) is 9.09. The van der Waals surface area contributed by atoms with E-state index in [1.54, 1.807) is 0 Å². The fourth-order valence-electron chi connectivity index (χ4n) is 5.06. The van der Waals surface area contributed by atoms with Gasteiger partial charge in [-0.1, -0.05) is 97.1 Å². The zero-order chi connectivity index (χ0) is 23.9. The topological polar surface area (TPSA) is 12.0 Å². The van der Waals surface area contributed by atoms with E-state index in [0.717, 1.165) is 11.4 Å². The molecular weight excluding hydrogens is 454 g/mol. The molecule has 0 atom stereocenters. The number of fused-ring (bicyclic) bond motifs is 5. The van der Waals surface area contributed by atoms with Gasteiger partial charge in [-0.25, -0.2) is 0 Å². The third-order valence-corrected chi connectivity index (χ3v) is 8.05. The smallest absolute Gasteiger partial charge is 0.0440 e. The summed E-state index contributed by atoms with van der Waals surface area (Å²) in [6.07, 6.45) is 0. The summed E-state index contributed by atoms with van der Waals surface area (Å²) >= 11 is 1.89. The van der Waals surface area contributed by atoms with Crippen molar-refractivity contribution in [3.05, 3.63) is 133 Å². The molecule has 36 heavy (non-hydrogen) atoms. The molecule has 1 aromatic heterocycles. The maximum atomic E-state index is 3.55. The van der Waals surface area contributed by atoms with Crippen molar-refractivity contribution in [3.63, 3.8) is 0 Å². The lowest BCUT2D eigenvalue weighted by Gasteiger charge is -2.11. The Kier molecular flexibility index (Phi) is 5.04. The summed E-state index contributed by atoms with van der Waals surface area (Å²) in [5.41, 5.74) is 7.15. The Labute approximate surface area is 214 Å². The minimum atomic E-state index is 1.08. The third kappa shape index (κ3) is 3.64. The van der Waals surface area contributed by atoms with Gasteiger partial charge in [0, 0.05) is 37.1 Å². The van der Waals surface area contributed by atoms with Crippen molar-refractivity contribution >= 4 is 53.7 Å². The first-order chi connectivity index (χ1) is 17.8. The summed E-state index contributed by atoms with van der Waals surface area (Å²) in [4.78, 5) is 0. The van der Waals surface area contributed by atoms with Crippen molar-refractivity contribution in [1.82, 2.24) is 0 Å². The first kappa shape index (κ1) is 20.9. The number of hydrogen-bond donors (Lipinski definition) is 1. The van der Waals surface area contributed by atoms with E-state index in [-0.39, 0.29) is 0 Å². The second-order valence-corrected chi connectivity index (χ2v) is 10.1. The van der Waals surface area contributed by atoms with Gasteiger partial charge in [0.2, 0.25) is 0 Å². The van der Waals surface area contributed by atoms with Crippen molar-refractivity contribution in [2.24, 2.45) is 0 Å². The molecule has 0 aliphatic carbocycles. The minimum Gasteiger partial charge on any atom is -0.356 e. The first-order valence-electron chi connectivity index (χ1n) is 12.2. The van der Waals surface area contributed by atoms with E-state index in [9.17, 15) is 0 Å². The van der Waals surface area contributed by atoms with Crippen LogP contribution in [0.25, 0.3) is 53.2 Å². The lowest BCUT2D eigenvalue weighted by Crippen LogP contribution is -1.90. The summed E-state index contributed by atoms with van der Waals surface area (Å²) in [5, 5.41) is 8.86. The summed E-state index contributed by atoms with van der Waals surface area (Å²) < 4.78 is 2.69. The quantitative estimate of drug-likeness (QED) is 0.266. The average Bonchev–Trinajstić information content (AvgIpc) is 3.34. The largest absolute Gasteiger partial charge is 0.356 e. The number of rotatable bonds is 4. The molecule has 0 saturated heterocycles. The molecule has 0 aliphatic heterocycles. The van der Waals surface area contributed by atoms with Gasteiger partial charge in [-0.05, 0) is 63.9 Å². The van der Waals surface area contributed by atoms with Gasteiger partial charge in [-0.2, -0.15) is 0 Å². The molecule has 0 aliphatic rings. The minimum absolute atomic E-state index is 1.08. The molecule has 1 N–H and O–H groups in total. The number of thiophene rings is 1. The Morgan fingerprint density at radius 2 is 1.06 bits per heavy atom. The number of hydrogen-bond acceptors (Lipinski definition) is 2. The van der Waals surface area contributed by atoms with Gasteiger partial charge in [0.25, 0.3) is 0 Å². The second kappa shape index (κ2) is 8.67. The zero-order valence-corrected chi connectivity index (χ0v) is 20.4. The molecule has 0 bridgehead atoms. The molecule has 0 unspecified atom stereocenters. The Bertz CT molecular complexity index is 1830. The Balaban J connectivity index is 1.24. The molecule has 170 valence electrons. The number of anilines is 2. The molecule has 7 rings (SSSR count). The highest BCUT2D eigenvalue weighted by Crippen LogP contribution is 2.44. The van der Waals surface area contributed by atoms with Crippen LogP contribution in [-0.4, -0.2) is 0 Å². The number of benzene rings is 6. The number of nitrogens with one attached hydrogen (secondary N) is 1. The summed E-state index contributed by atoms with van der Waals surface area (Å²) in [5.74, 6) is 0. The maximum absolute atomic E-state index is 3.55. The Morgan fingerprint density at radius 1 is 0.472 bits per heavy atom. The average molecular weight is 478 g/mol. The van der Waals surface area contributed by atoms with Crippen molar-refractivity contribution < 1.29 is 0 Å². The third-order valence-electron chi connectivity index (χ3n) is 6.85. The highest BCUT2D eigenvalue weighted by molar-refractivity contribution is 7.26. The molecule has 0 amide bonds. The van der Waals surface area contributed by atoms with Crippen LogP contribution in [0.1, 0.15) is 0 Å². The lowest BCUT2D eigenvalue weighted by molar-refractivity contribution is 1.54. The van der Waals surface area contributed by atoms with Gasteiger partial charge in [0.1, 0.15) is 0 Å². The molecule has 1 heterocycles. The van der Waals surface area contributed by atoms with E-state index in [0.29, 0.717) is 0 Å². The molecular formula is C34H23NS. The van der Waals surface area contributed by atoms with Gasteiger partial charge in [-0.3, -0.25) is 0 Å². The zero-order valence-electron chi connectivity index (χ0n) is 19.6. The van der Waals surface area contributed by atoms with Crippen molar-refractivity contribution in [2.75, 3.05) is 5.32 Å². The fraction of sp³-hybridized carbons (Fsp3) is 0. The predicted octanol–water partition coefficient (Wildman–Crippen LogP) is 10.3. The van der Waals surface area contributed by atoms with Gasteiger partial charge in [0.15, 0.2) is 0 Å². The molecule has 0 spiro atoms. The van der Waals surface area contributed by atoms with Crippen LogP contribution < -0.4 is 5.32 Å². The Morgan fingerprint density at radius 3 is 1.81 bits per heavy atom. The monoisotopic (exact) mass is 477 g/mol. The summed E-state index contributed by atoms with van der Waals surface area (Å²) in [7, 11) is 0. The van der Waals surface area contributed by atoms with Crippen LogP contribution in [0.15, 0.2) is 133 Å². The maximum Gasteiger partial charge on any atom is 0.0440 e.